The van der Waals surface area contributed by atoms with Crippen molar-refractivity contribution in [2.75, 3.05) is 53.1 Å². The maximum Gasteiger partial charge on any atom is 0.303 e. The molecule has 0 spiro atoms. The number of aliphatic hydroxyl groups excluding tert-OH is 1. The number of carboxylic acid groups (broad SMARTS) is 1. The molecule has 3 aromatic carbocycles. The number of carbonyl (C=O) groups excluding carboxylic acids is 18. The zero-order chi connectivity index (χ0) is 109. The van der Waals surface area contributed by atoms with Gasteiger partial charge in [0.05, 0.1) is 103 Å². The van der Waals surface area contributed by atoms with Gasteiger partial charge in [-0.3, -0.25) is 107 Å². The highest BCUT2D eigenvalue weighted by Crippen LogP contribution is 2.25. The van der Waals surface area contributed by atoms with Crippen molar-refractivity contribution in [2.24, 2.45) is 23.3 Å². The summed E-state index contributed by atoms with van der Waals surface area (Å²) >= 11 is 0. The number of allylic oxidation sites excluding steroid dienone is 2. The molecule has 0 bridgehead atoms. The van der Waals surface area contributed by atoms with E-state index in [4.69, 9.17) is 11.5 Å². The molecule has 814 valence electrons. The quantitative estimate of drug-likeness (QED) is 0.00749. The second kappa shape index (κ2) is 65.5. The van der Waals surface area contributed by atoms with E-state index in [9.17, 15) is 87.2 Å². The number of aromatic amines is 1. The van der Waals surface area contributed by atoms with Crippen LogP contribution in [0.1, 0.15) is 242 Å². The number of ketones is 12. The summed E-state index contributed by atoms with van der Waals surface area (Å²) in [5, 5.41) is 62.0. The summed E-state index contributed by atoms with van der Waals surface area (Å²) in [6.45, 7) is 21.2. The molecule has 5 amide bonds. The molecular weight excluding hydrogens is 1890 g/mol. The third-order valence-corrected chi connectivity index (χ3v) is 26.2. The SMILES string of the molecule is CC(C)C[C@@H](C=O)NN[C@H](C(=O)C(=O)[C@H](Cc1ccccc1)NN[C@]1(C)CCCCCCC=CCCC[C@@](C)(C(=O)CN[C@@H](C)C(=O)CCN[C@@H](C)C(=O)CCN[C@@H](C)C(=O)CCN[C@@H](C)C(=O)CCC(=O)[C@H](C)NCN(C)CC(N)=O)NC(=O)[C@H](CC(C)C)NC(=O)[C@H](CCC(N)=O)NCN[C@@H](C)C(=O)CC(=O)[C@H](Cc2c[nH]c3ccccc23)NN[C@@H](Cc2ccc(O)cc2)C(=O)N[C@@H](CCC(=O)O)C(=O)C1=O)[C@@H](C)O. The molecule has 1 aliphatic rings. The number of hydrogen-bond acceptors (Lipinski definition) is 35. The first-order chi connectivity index (χ1) is 69.5. The Morgan fingerprint density at radius 1 is 0.544 bits per heavy atom. The Hall–Kier alpha value is -11.3. The van der Waals surface area contributed by atoms with Crippen LogP contribution in [0, 0.1) is 11.8 Å². The highest BCUT2D eigenvalue weighted by atomic mass is 16.4. The number of aliphatic hydroxyl groups is 1. The van der Waals surface area contributed by atoms with Crippen molar-refractivity contribution in [2.45, 2.75) is 346 Å². The average molecular weight is 2060 g/mol. The Bertz CT molecular complexity index is 5040. The molecule has 0 radical (unpaired) electrons. The Morgan fingerprint density at radius 2 is 1.10 bits per heavy atom. The number of hydrogen-bond donors (Lipinski definition) is 22. The van der Waals surface area contributed by atoms with Crippen LogP contribution in [-0.4, -0.2) is 291 Å². The van der Waals surface area contributed by atoms with Crippen LogP contribution in [-0.2, 0) is 110 Å². The number of Topliss-reactive ketones (excluding diaryl/α,β-unsaturated/α-hetero) is 12. The number of hydrazine groups is 3. The molecule has 0 saturated heterocycles. The van der Waals surface area contributed by atoms with E-state index < -0.39 is 204 Å². The minimum atomic E-state index is -2.04. The van der Waals surface area contributed by atoms with Gasteiger partial charge in [-0.1, -0.05) is 120 Å². The molecule has 0 unspecified atom stereocenters. The van der Waals surface area contributed by atoms with Crippen molar-refractivity contribution in [1.82, 2.24) is 95.6 Å². The Kier molecular flexibility index (Phi) is 56.2. The topological polar surface area (TPSA) is 649 Å². The molecule has 5 rings (SSSR count). The smallest absolute Gasteiger partial charge is 0.303 e. The van der Waals surface area contributed by atoms with Gasteiger partial charge < -0.3 is 73.8 Å². The lowest BCUT2D eigenvalue weighted by atomic mass is 9.85. The lowest BCUT2D eigenvalue weighted by Crippen LogP contribution is -2.65. The van der Waals surface area contributed by atoms with Crippen LogP contribution in [0.3, 0.4) is 0 Å². The zero-order valence-corrected chi connectivity index (χ0v) is 87.8. The lowest BCUT2D eigenvalue weighted by Gasteiger charge is -2.33. The third-order valence-electron chi connectivity index (χ3n) is 26.2. The predicted molar refractivity (Wildman–Crippen MR) is 554 cm³/mol. The molecule has 0 fully saturated rings. The van der Waals surface area contributed by atoms with Gasteiger partial charge in [-0.15, -0.1) is 0 Å². The minimum Gasteiger partial charge on any atom is -0.508 e. The first-order valence-electron chi connectivity index (χ1n) is 51.2. The fourth-order valence-corrected chi connectivity index (χ4v) is 16.6. The number of aromatic nitrogens is 1. The van der Waals surface area contributed by atoms with Crippen molar-refractivity contribution in [1.29, 1.82) is 0 Å². The number of nitrogens with one attached hydrogen (secondary N) is 17. The molecule has 1 aliphatic heterocycles. The summed E-state index contributed by atoms with van der Waals surface area (Å²) in [6, 6.07) is 5.60. The molecule has 2 heterocycles. The molecule has 147 heavy (non-hydrogen) atoms. The summed E-state index contributed by atoms with van der Waals surface area (Å²) in [4.78, 5) is 268. The van der Waals surface area contributed by atoms with Crippen LogP contribution < -0.4 is 97.2 Å². The number of aromatic hydroxyl groups is 1. The summed E-state index contributed by atoms with van der Waals surface area (Å²) in [7, 11) is 1.67. The number of carboxylic acids is 1. The van der Waals surface area contributed by atoms with E-state index in [0.29, 0.717) is 78.8 Å². The van der Waals surface area contributed by atoms with Crippen molar-refractivity contribution in [3.63, 3.8) is 0 Å². The second-order valence-corrected chi connectivity index (χ2v) is 40.0. The monoisotopic (exact) mass is 2060 g/mol. The number of phenolic OH excluding ortho intramolecular Hbond substituents is 1. The maximum atomic E-state index is 15.6. The van der Waals surface area contributed by atoms with Gasteiger partial charge in [0.25, 0.3) is 0 Å². The first kappa shape index (κ1) is 126. The number of H-pyrrole nitrogens is 1. The summed E-state index contributed by atoms with van der Waals surface area (Å²) in [5.74, 6) is -13.1. The predicted octanol–water partition coefficient (Wildman–Crippen LogP) is 1.84. The highest BCUT2D eigenvalue weighted by Gasteiger charge is 2.45. The van der Waals surface area contributed by atoms with Gasteiger partial charge in [0.1, 0.15) is 41.7 Å². The number of nitrogens with zero attached hydrogens (tertiary/aromatic N) is 1. The number of carbonyl (C=O) groups is 19. The van der Waals surface area contributed by atoms with E-state index in [1.54, 1.807) is 114 Å². The van der Waals surface area contributed by atoms with E-state index in [1.807, 2.05) is 39.8 Å². The number of nitrogens with two attached hydrogens (primary N) is 2. The molecule has 0 aliphatic carbocycles. The zero-order valence-electron chi connectivity index (χ0n) is 87.8. The van der Waals surface area contributed by atoms with E-state index >= 15 is 19.2 Å². The van der Waals surface area contributed by atoms with Crippen LogP contribution in [0.4, 0.5) is 0 Å². The van der Waals surface area contributed by atoms with Crippen molar-refractivity contribution in [3.8, 4) is 5.75 Å². The van der Waals surface area contributed by atoms with Crippen LogP contribution in [0.2, 0.25) is 0 Å². The standard InChI is InChI=1S/C105H162N20O22/c1-63(2)51-75(60-126)119-123-96(71(11)127)99(143)97(141)82(53-72-29-23-22-24-30-72)122-124-105(13)47-28-21-19-17-15-16-18-20-27-46-104(12,92(136)58-111-68(8)89(133)45-50-110-67(7)88(132)44-49-109-66(6)87(131)43-48-108-65(5)85(129)39-40-86(130)69(9)115-62-125(14)59-94(107)138)118-103(147)83(52-64(3)4)117-101(145)80(37-41-93(106)137)114-61-113-70(10)90(134)56-91(135)81(55-74-57-112-78-32-26-25-31-77(74)78)120-121-84(54-73-33-35-76(128)36-34-73)102(146)116-79(38-42-95(139)140)98(142)100(105)144/h16,18,22-26,29-36,57,60,63-71,75,79-84,96,108-115,119-124,127-128H,15,17,19-21,27-28,37-56,58-59,61-62H2,1-14H3,(H2,106,137)(H2,107,138)(H,116,146)(H,117,145)(H,118,147)(H,139,140)/t65-,66-,67-,68-,69-,70-,71+,75-,79-,80-,81-,82-,83-,84-,96-,104-,105+/m0/s1. The van der Waals surface area contributed by atoms with Gasteiger partial charge >= 0.3 is 5.97 Å². The average Bonchev–Trinajstić information content (AvgIpc) is 1.43. The van der Waals surface area contributed by atoms with Gasteiger partial charge in [0, 0.05) is 95.0 Å². The summed E-state index contributed by atoms with van der Waals surface area (Å²) < 4.78 is 0. The summed E-state index contributed by atoms with van der Waals surface area (Å²) in [5.41, 5.74) is 26.6. The molecule has 0 saturated carbocycles. The Morgan fingerprint density at radius 3 is 1.67 bits per heavy atom. The van der Waals surface area contributed by atoms with Crippen molar-refractivity contribution in [3.05, 3.63) is 114 Å². The molecular formula is C105H162N20O22. The Labute approximate surface area is 861 Å². The van der Waals surface area contributed by atoms with Gasteiger partial charge in [0.2, 0.25) is 52.7 Å². The fourth-order valence-electron chi connectivity index (χ4n) is 16.6. The number of phenols is 1. The maximum absolute atomic E-state index is 15.6. The number of para-hydroxylation sites is 1. The molecule has 17 atom stereocenters. The number of fused-ring (bicyclic) bond motifs is 1. The number of likely N-dealkylation sites (N-methyl/N-ethyl adjacent to an activating group) is 1. The van der Waals surface area contributed by atoms with E-state index in [2.05, 4.69) is 90.7 Å². The normalized spacial score (nSPS) is 21.5. The van der Waals surface area contributed by atoms with Gasteiger partial charge in [-0.2, -0.15) is 0 Å². The number of benzene rings is 3. The van der Waals surface area contributed by atoms with E-state index in [1.165, 1.54) is 45.0 Å². The Balaban J connectivity index is 1.43. The van der Waals surface area contributed by atoms with Gasteiger partial charge in [-0.25, -0.2) is 32.6 Å². The molecule has 1 aromatic heterocycles. The number of amides is 5. The highest BCUT2D eigenvalue weighted by molar-refractivity contribution is 6.43. The number of aliphatic carboxylic acids is 1. The number of primary amides is 2. The van der Waals surface area contributed by atoms with Crippen LogP contribution in [0.5, 0.6) is 5.75 Å². The van der Waals surface area contributed by atoms with Crippen molar-refractivity contribution >= 4 is 122 Å². The van der Waals surface area contributed by atoms with E-state index in [-0.39, 0.29) is 176 Å². The first-order valence-corrected chi connectivity index (χ1v) is 51.2. The minimum absolute atomic E-state index is 0.00391. The van der Waals surface area contributed by atoms with Crippen molar-refractivity contribution < 1.29 is 106 Å². The lowest BCUT2D eigenvalue weighted by molar-refractivity contribution is -0.144. The van der Waals surface area contributed by atoms with Crippen LogP contribution in [0.25, 0.3) is 10.9 Å². The number of aldehydes is 1. The van der Waals surface area contributed by atoms with E-state index in [0.717, 1.165) is 0 Å². The summed E-state index contributed by atoms with van der Waals surface area (Å²) in [6.07, 6.45) is 4.70. The second-order valence-electron chi connectivity index (χ2n) is 40.0. The largest absolute Gasteiger partial charge is 0.508 e. The third kappa shape index (κ3) is 46.1. The molecule has 42 heteroatoms. The van der Waals surface area contributed by atoms with Gasteiger partial charge in [-0.05, 0) is 200 Å². The van der Waals surface area contributed by atoms with Crippen LogP contribution in [0.15, 0.2) is 97.2 Å². The number of rotatable bonds is 56. The fraction of sp³-hybridized carbons (Fsp3) is 0.610. The van der Waals surface area contributed by atoms with Crippen LogP contribution >= 0.6 is 0 Å². The molecule has 24 N–H and O–H groups in total. The molecule has 42 nitrogen and oxygen atoms in total. The van der Waals surface area contributed by atoms with Gasteiger partial charge in [0.15, 0.2) is 34.7 Å². The molecule has 4 aromatic rings.